The number of β-amino-alcohol motifs (C(OH)–C–C–N with tert-alkyl or cyclic N) is 1. The van der Waals surface area contributed by atoms with Crippen LogP contribution in [0.4, 0.5) is 0 Å². The summed E-state index contributed by atoms with van der Waals surface area (Å²) in [5.74, 6) is 1.22. The van der Waals surface area contributed by atoms with Crippen molar-refractivity contribution in [3.05, 3.63) is 28.8 Å². The molecular weight excluding hydrogens is 316 g/mol. The Hall–Kier alpha value is -1.59. The molecule has 1 aliphatic heterocycles. The number of aryl methyl sites for hydroxylation is 2. The maximum atomic E-state index is 12.0. The van der Waals surface area contributed by atoms with Crippen molar-refractivity contribution in [3.8, 4) is 5.75 Å². The van der Waals surface area contributed by atoms with Gasteiger partial charge in [-0.3, -0.25) is 4.79 Å². The Kier molecular flexibility index (Phi) is 6.85. The van der Waals surface area contributed by atoms with Gasteiger partial charge in [-0.25, -0.2) is 0 Å². The molecule has 0 spiro atoms. The van der Waals surface area contributed by atoms with Crippen LogP contribution in [-0.4, -0.2) is 67.3 Å². The molecule has 1 aromatic rings. The summed E-state index contributed by atoms with van der Waals surface area (Å²) in [6.07, 6.45) is 1.20. The van der Waals surface area contributed by atoms with Crippen LogP contribution < -0.4 is 4.74 Å². The molecule has 25 heavy (non-hydrogen) atoms. The van der Waals surface area contributed by atoms with E-state index in [1.165, 1.54) is 5.56 Å². The molecule has 140 valence electrons. The number of aliphatic hydroxyl groups is 1. The second kappa shape index (κ2) is 8.68. The smallest absolute Gasteiger partial charge is 0.225 e. The molecule has 5 heteroatoms. The molecule has 1 aliphatic rings. The first-order chi connectivity index (χ1) is 11.8. The summed E-state index contributed by atoms with van der Waals surface area (Å²) in [4.78, 5) is 15.9. The quantitative estimate of drug-likeness (QED) is 0.856. The Balaban J connectivity index is 1.79. The third-order valence-electron chi connectivity index (χ3n) is 5.14. The lowest BCUT2D eigenvalue weighted by Gasteiger charge is -2.33. The number of piperidine rings is 1. The van der Waals surface area contributed by atoms with Crippen molar-refractivity contribution in [1.29, 1.82) is 0 Å². The molecule has 1 N–H and O–H groups in total. The summed E-state index contributed by atoms with van der Waals surface area (Å²) < 4.78 is 5.91. The maximum absolute atomic E-state index is 12.0. The highest BCUT2D eigenvalue weighted by molar-refractivity contribution is 5.78. The summed E-state index contributed by atoms with van der Waals surface area (Å²) in [5.41, 5.74) is 3.43. The third-order valence-corrected chi connectivity index (χ3v) is 5.14. The average molecular weight is 348 g/mol. The number of ether oxygens (including phenoxy) is 1. The van der Waals surface area contributed by atoms with Crippen LogP contribution in [0.2, 0.25) is 0 Å². The van der Waals surface area contributed by atoms with Gasteiger partial charge in [0.05, 0.1) is 0 Å². The monoisotopic (exact) mass is 348 g/mol. The van der Waals surface area contributed by atoms with E-state index in [0.717, 1.165) is 42.8 Å². The Bertz CT molecular complexity index is 593. The second-order valence-electron chi connectivity index (χ2n) is 7.43. The van der Waals surface area contributed by atoms with Gasteiger partial charge in [0.2, 0.25) is 5.91 Å². The average Bonchev–Trinajstić information content (AvgIpc) is 2.58. The molecular formula is C20H32N2O3. The normalized spacial score (nSPS) is 17.4. The highest BCUT2D eigenvalue weighted by atomic mass is 16.5. The molecule has 0 saturated carbocycles. The summed E-state index contributed by atoms with van der Waals surface area (Å²) in [5, 5.41) is 10.3. The zero-order valence-electron chi connectivity index (χ0n) is 16.2. The van der Waals surface area contributed by atoms with Crippen LogP contribution in [0.3, 0.4) is 0 Å². The lowest BCUT2D eigenvalue weighted by molar-refractivity contribution is -0.134. The number of benzene rings is 1. The number of carbonyl (C=O) groups is 1. The summed E-state index contributed by atoms with van der Waals surface area (Å²) in [6.45, 7) is 8.73. The lowest BCUT2D eigenvalue weighted by atomic mass is 9.95. The van der Waals surface area contributed by atoms with Gasteiger partial charge < -0.3 is 19.6 Å². The SMILES string of the molecule is Cc1ccc(C)c(OCC(O)CN2CCC(C(=O)N(C)C)CC2)c1C. The molecule has 1 atom stereocenters. The van der Waals surface area contributed by atoms with Crippen LogP contribution in [0.5, 0.6) is 5.75 Å². The van der Waals surface area contributed by atoms with E-state index >= 15 is 0 Å². The van der Waals surface area contributed by atoms with Gasteiger partial charge in [-0.1, -0.05) is 12.1 Å². The molecule has 1 fully saturated rings. The first kappa shape index (κ1) is 19.7. The molecule has 2 rings (SSSR count). The predicted octanol–water partition coefficient (Wildman–Crippen LogP) is 2.15. The lowest BCUT2D eigenvalue weighted by Crippen LogP contribution is -2.43. The molecule has 1 heterocycles. The zero-order chi connectivity index (χ0) is 18.6. The zero-order valence-corrected chi connectivity index (χ0v) is 16.2. The van der Waals surface area contributed by atoms with Gasteiger partial charge in [0.15, 0.2) is 0 Å². The van der Waals surface area contributed by atoms with Crippen molar-refractivity contribution in [1.82, 2.24) is 9.80 Å². The van der Waals surface area contributed by atoms with Crippen molar-refractivity contribution >= 4 is 5.91 Å². The number of hydrogen-bond acceptors (Lipinski definition) is 4. The van der Waals surface area contributed by atoms with Crippen LogP contribution in [0, 0.1) is 26.7 Å². The van der Waals surface area contributed by atoms with Crippen molar-refractivity contribution in [2.45, 2.75) is 39.7 Å². The van der Waals surface area contributed by atoms with Crippen molar-refractivity contribution in [2.24, 2.45) is 5.92 Å². The number of carbonyl (C=O) groups excluding carboxylic acids is 1. The van der Waals surface area contributed by atoms with Crippen LogP contribution in [0.25, 0.3) is 0 Å². The molecule has 0 aliphatic carbocycles. The van der Waals surface area contributed by atoms with Gasteiger partial charge in [-0.05, 0) is 63.4 Å². The molecule has 0 radical (unpaired) electrons. The largest absolute Gasteiger partial charge is 0.490 e. The van der Waals surface area contributed by atoms with E-state index < -0.39 is 6.10 Å². The molecule has 0 aromatic heterocycles. The number of amides is 1. The summed E-state index contributed by atoms with van der Waals surface area (Å²) in [6, 6.07) is 4.14. The maximum Gasteiger partial charge on any atom is 0.225 e. The Morgan fingerprint density at radius 2 is 1.84 bits per heavy atom. The predicted molar refractivity (Wildman–Crippen MR) is 100 cm³/mol. The first-order valence-electron chi connectivity index (χ1n) is 9.10. The van der Waals surface area contributed by atoms with Crippen molar-refractivity contribution < 1.29 is 14.6 Å². The fraction of sp³-hybridized carbons (Fsp3) is 0.650. The highest BCUT2D eigenvalue weighted by Crippen LogP contribution is 2.26. The number of hydrogen-bond donors (Lipinski definition) is 1. The van der Waals surface area contributed by atoms with E-state index in [0.29, 0.717) is 13.2 Å². The summed E-state index contributed by atoms with van der Waals surface area (Å²) >= 11 is 0. The van der Waals surface area contributed by atoms with Gasteiger partial charge in [0.1, 0.15) is 18.5 Å². The van der Waals surface area contributed by atoms with E-state index in [1.807, 2.05) is 21.0 Å². The van der Waals surface area contributed by atoms with Crippen LogP contribution in [-0.2, 0) is 4.79 Å². The highest BCUT2D eigenvalue weighted by Gasteiger charge is 2.27. The molecule has 5 nitrogen and oxygen atoms in total. The molecule has 1 amide bonds. The van der Waals surface area contributed by atoms with Crippen LogP contribution in [0.15, 0.2) is 12.1 Å². The van der Waals surface area contributed by atoms with E-state index in [2.05, 4.69) is 30.9 Å². The van der Waals surface area contributed by atoms with Gasteiger partial charge in [0.25, 0.3) is 0 Å². The second-order valence-corrected chi connectivity index (χ2v) is 7.43. The summed E-state index contributed by atoms with van der Waals surface area (Å²) in [7, 11) is 3.62. The van der Waals surface area contributed by atoms with Crippen LogP contribution >= 0.6 is 0 Å². The minimum absolute atomic E-state index is 0.122. The van der Waals surface area contributed by atoms with Gasteiger partial charge >= 0.3 is 0 Å². The van der Waals surface area contributed by atoms with Crippen LogP contribution in [0.1, 0.15) is 29.5 Å². The first-order valence-corrected chi connectivity index (χ1v) is 9.10. The van der Waals surface area contributed by atoms with Crippen molar-refractivity contribution in [2.75, 3.05) is 40.3 Å². The van der Waals surface area contributed by atoms with E-state index in [-0.39, 0.29) is 11.8 Å². The third kappa shape index (κ3) is 5.19. The fourth-order valence-corrected chi connectivity index (χ4v) is 3.41. The topological polar surface area (TPSA) is 53.0 Å². The molecule has 1 saturated heterocycles. The van der Waals surface area contributed by atoms with Crippen molar-refractivity contribution in [3.63, 3.8) is 0 Å². The number of aliphatic hydroxyl groups excluding tert-OH is 1. The Labute approximate surface area is 151 Å². The van der Waals surface area contributed by atoms with E-state index in [9.17, 15) is 9.90 Å². The van der Waals surface area contributed by atoms with E-state index in [1.54, 1.807) is 4.90 Å². The minimum Gasteiger partial charge on any atom is -0.490 e. The standard InChI is InChI=1S/C20H32N2O3/c1-14-6-7-15(2)19(16(14)3)25-13-18(23)12-22-10-8-17(9-11-22)20(24)21(4)5/h6-7,17-18,23H,8-13H2,1-5H3. The molecule has 0 bridgehead atoms. The van der Waals surface area contributed by atoms with Gasteiger partial charge in [-0.2, -0.15) is 0 Å². The Morgan fingerprint density at radius 1 is 1.24 bits per heavy atom. The van der Waals surface area contributed by atoms with Gasteiger partial charge in [0, 0.05) is 26.6 Å². The molecule has 1 aromatic carbocycles. The number of rotatable bonds is 6. The Morgan fingerprint density at radius 3 is 2.44 bits per heavy atom. The number of nitrogens with zero attached hydrogens (tertiary/aromatic N) is 2. The number of likely N-dealkylation sites (tertiary alicyclic amines) is 1. The molecule has 1 unspecified atom stereocenters. The van der Waals surface area contributed by atoms with Gasteiger partial charge in [-0.15, -0.1) is 0 Å². The fourth-order valence-electron chi connectivity index (χ4n) is 3.41. The van der Waals surface area contributed by atoms with E-state index in [4.69, 9.17) is 4.74 Å². The minimum atomic E-state index is -0.527.